The highest BCUT2D eigenvalue weighted by atomic mass is 19.1. The van der Waals surface area contributed by atoms with Gasteiger partial charge in [-0.3, -0.25) is 4.79 Å². The molecule has 3 nitrogen and oxygen atoms in total. The number of amides is 1. The standard InChI is InChI=1S/C18H18FNO2/c1-2-16(22-17-10-6-4-8-14(17)19)18(21)20-12-11-13-7-3-5-9-15(13)20/h3-10,16H,2,11-12H2,1H3/t16-/m1/s1. The number of carbonyl (C=O) groups excluding carboxylic acids is 1. The van der Waals surface area contributed by atoms with Crippen molar-refractivity contribution in [2.75, 3.05) is 11.4 Å². The number of fused-ring (bicyclic) bond motifs is 1. The third-order valence-corrected chi connectivity index (χ3v) is 3.91. The molecule has 0 fully saturated rings. The van der Waals surface area contributed by atoms with Gasteiger partial charge in [0.2, 0.25) is 0 Å². The predicted octanol–water partition coefficient (Wildman–Crippen LogP) is 3.57. The van der Waals surface area contributed by atoms with Crippen LogP contribution in [0.15, 0.2) is 48.5 Å². The number of hydrogen-bond acceptors (Lipinski definition) is 2. The van der Waals surface area contributed by atoms with Gasteiger partial charge in [0.05, 0.1) is 0 Å². The Balaban J connectivity index is 1.80. The monoisotopic (exact) mass is 299 g/mol. The second-order valence-electron chi connectivity index (χ2n) is 5.31. The lowest BCUT2D eigenvalue weighted by Gasteiger charge is -2.24. The average Bonchev–Trinajstić information content (AvgIpc) is 2.97. The van der Waals surface area contributed by atoms with Crippen molar-refractivity contribution >= 4 is 11.6 Å². The van der Waals surface area contributed by atoms with Gasteiger partial charge in [-0.25, -0.2) is 4.39 Å². The molecule has 0 aliphatic carbocycles. The minimum atomic E-state index is -0.678. The number of para-hydroxylation sites is 2. The number of benzene rings is 2. The largest absolute Gasteiger partial charge is 0.478 e. The van der Waals surface area contributed by atoms with E-state index in [-0.39, 0.29) is 11.7 Å². The van der Waals surface area contributed by atoms with Crippen LogP contribution in [-0.2, 0) is 11.2 Å². The SMILES string of the molecule is CC[C@@H](Oc1ccccc1F)C(=O)N1CCc2ccccc21. The van der Waals surface area contributed by atoms with E-state index in [9.17, 15) is 9.18 Å². The van der Waals surface area contributed by atoms with E-state index in [2.05, 4.69) is 0 Å². The van der Waals surface area contributed by atoms with E-state index in [4.69, 9.17) is 4.74 Å². The van der Waals surface area contributed by atoms with Crippen molar-refractivity contribution in [1.29, 1.82) is 0 Å². The number of hydrogen-bond donors (Lipinski definition) is 0. The van der Waals surface area contributed by atoms with Crippen LogP contribution in [0.5, 0.6) is 5.75 Å². The molecule has 22 heavy (non-hydrogen) atoms. The van der Waals surface area contributed by atoms with Crippen LogP contribution in [0, 0.1) is 5.82 Å². The van der Waals surface area contributed by atoms with E-state index in [0.717, 1.165) is 17.7 Å². The lowest BCUT2D eigenvalue weighted by Crippen LogP contribution is -2.41. The van der Waals surface area contributed by atoms with Crippen LogP contribution in [0.25, 0.3) is 0 Å². The van der Waals surface area contributed by atoms with Gasteiger partial charge in [0.25, 0.3) is 5.91 Å². The van der Waals surface area contributed by atoms with E-state index in [1.807, 2.05) is 31.2 Å². The molecule has 2 aromatic rings. The van der Waals surface area contributed by atoms with Crippen LogP contribution in [0.4, 0.5) is 10.1 Å². The Kier molecular flexibility index (Phi) is 4.09. The van der Waals surface area contributed by atoms with Crippen LogP contribution >= 0.6 is 0 Å². The number of carbonyl (C=O) groups is 1. The number of ether oxygens (including phenoxy) is 1. The smallest absolute Gasteiger partial charge is 0.268 e. The fourth-order valence-corrected chi connectivity index (χ4v) is 2.74. The molecule has 0 aromatic heterocycles. The highest BCUT2D eigenvalue weighted by molar-refractivity contribution is 5.98. The van der Waals surface area contributed by atoms with Crippen LogP contribution in [0.3, 0.4) is 0 Å². The summed E-state index contributed by atoms with van der Waals surface area (Å²) in [5.74, 6) is -0.443. The van der Waals surface area contributed by atoms with E-state index < -0.39 is 11.9 Å². The Bertz CT molecular complexity index is 686. The summed E-state index contributed by atoms with van der Waals surface area (Å²) in [6, 6.07) is 14.0. The third kappa shape index (κ3) is 2.69. The highest BCUT2D eigenvalue weighted by Gasteiger charge is 2.30. The molecule has 4 heteroatoms. The molecular formula is C18H18FNO2. The fourth-order valence-electron chi connectivity index (χ4n) is 2.74. The van der Waals surface area contributed by atoms with E-state index in [1.54, 1.807) is 23.1 Å². The molecule has 0 saturated heterocycles. The molecule has 0 unspecified atom stereocenters. The lowest BCUT2D eigenvalue weighted by molar-refractivity contribution is -0.125. The van der Waals surface area contributed by atoms with Crippen LogP contribution in [0.1, 0.15) is 18.9 Å². The van der Waals surface area contributed by atoms with Gasteiger partial charge in [-0.2, -0.15) is 0 Å². The predicted molar refractivity (Wildman–Crippen MR) is 83.6 cm³/mol. The zero-order valence-corrected chi connectivity index (χ0v) is 12.5. The van der Waals surface area contributed by atoms with Crippen molar-refractivity contribution < 1.29 is 13.9 Å². The van der Waals surface area contributed by atoms with Crippen LogP contribution in [-0.4, -0.2) is 18.6 Å². The first-order valence-electron chi connectivity index (χ1n) is 7.51. The molecule has 0 spiro atoms. The summed E-state index contributed by atoms with van der Waals surface area (Å²) in [6.07, 6.45) is 0.659. The maximum atomic E-state index is 13.7. The number of rotatable bonds is 4. The van der Waals surface area contributed by atoms with Crippen molar-refractivity contribution in [2.45, 2.75) is 25.9 Å². The zero-order chi connectivity index (χ0) is 15.5. The lowest BCUT2D eigenvalue weighted by atomic mass is 10.2. The third-order valence-electron chi connectivity index (χ3n) is 3.91. The van der Waals surface area contributed by atoms with Gasteiger partial charge < -0.3 is 9.64 Å². The van der Waals surface area contributed by atoms with Gasteiger partial charge >= 0.3 is 0 Å². The normalized spacial score (nSPS) is 14.5. The Hall–Kier alpha value is -2.36. The first-order valence-corrected chi connectivity index (χ1v) is 7.51. The molecule has 0 bridgehead atoms. The molecule has 3 rings (SSSR count). The summed E-state index contributed by atoms with van der Waals surface area (Å²) < 4.78 is 19.3. The minimum absolute atomic E-state index is 0.115. The summed E-state index contributed by atoms with van der Waals surface area (Å²) in [5, 5.41) is 0. The topological polar surface area (TPSA) is 29.5 Å². The molecule has 0 saturated carbocycles. The number of halogens is 1. The number of anilines is 1. The summed E-state index contributed by atoms with van der Waals surface area (Å²) in [7, 11) is 0. The first-order chi connectivity index (χ1) is 10.7. The Labute approximate surface area is 129 Å². The second-order valence-corrected chi connectivity index (χ2v) is 5.31. The minimum Gasteiger partial charge on any atom is -0.478 e. The van der Waals surface area contributed by atoms with E-state index in [1.165, 1.54) is 6.07 Å². The fraction of sp³-hybridized carbons (Fsp3) is 0.278. The maximum Gasteiger partial charge on any atom is 0.268 e. The molecule has 1 heterocycles. The van der Waals surface area contributed by atoms with Crippen LogP contribution in [0.2, 0.25) is 0 Å². The summed E-state index contributed by atoms with van der Waals surface area (Å²) in [6.45, 7) is 2.51. The summed E-state index contributed by atoms with van der Waals surface area (Å²) >= 11 is 0. The molecule has 1 amide bonds. The van der Waals surface area contributed by atoms with Gasteiger partial charge in [0.15, 0.2) is 17.7 Å². The molecule has 114 valence electrons. The first kappa shape index (κ1) is 14.6. The van der Waals surface area contributed by atoms with Crippen molar-refractivity contribution in [3.8, 4) is 5.75 Å². The molecule has 1 aliphatic rings. The van der Waals surface area contributed by atoms with Gasteiger partial charge in [0.1, 0.15) is 0 Å². The maximum absolute atomic E-state index is 13.7. The molecule has 0 radical (unpaired) electrons. The van der Waals surface area contributed by atoms with Crippen LogP contribution < -0.4 is 9.64 Å². The zero-order valence-electron chi connectivity index (χ0n) is 12.5. The van der Waals surface area contributed by atoms with Crippen molar-refractivity contribution in [3.63, 3.8) is 0 Å². The summed E-state index contributed by atoms with van der Waals surface area (Å²) in [4.78, 5) is 14.5. The molecular weight excluding hydrogens is 281 g/mol. The second kappa shape index (κ2) is 6.18. The van der Waals surface area contributed by atoms with Gasteiger partial charge in [-0.1, -0.05) is 37.3 Å². The van der Waals surface area contributed by atoms with E-state index in [0.29, 0.717) is 13.0 Å². The van der Waals surface area contributed by atoms with Gasteiger partial charge in [0, 0.05) is 12.2 Å². The van der Waals surface area contributed by atoms with Gasteiger partial charge in [-0.05, 0) is 36.6 Å². The highest BCUT2D eigenvalue weighted by Crippen LogP contribution is 2.29. The van der Waals surface area contributed by atoms with Crippen molar-refractivity contribution in [1.82, 2.24) is 0 Å². The Morgan fingerprint density at radius 2 is 1.95 bits per heavy atom. The summed E-state index contributed by atoms with van der Waals surface area (Å²) in [5.41, 5.74) is 2.10. The quantitative estimate of drug-likeness (QED) is 0.863. The Morgan fingerprint density at radius 3 is 2.73 bits per heavy atom. The molecule has 0 N–H and O–H groups in total. The van der Waals surface area contributed by atoms with Gasteiger partial charge in [-0.15, -0.1) is 0 Å². The average molecular weight is 299 g/mol. The number of nitrogens with zero attached hydrogens (tertiary/aromatic N) is 1. The van der Waals surface area contributed by atoms with Crippen molar-refractivity contribution in [3.05, 3.63) is 59.9 Å². The molecule has 2 aromatic carbocycles. The molecule has 1 aliphatic heterocycles. The Morgan fingerprint density at radius 1 is 1.23 bits per heavy atom. The van der Waals surface area contributed by atoms with Crippen molar-refractivity contribution in [2.24, 2.45) is 0 Å². The molecule has 1 atom stereocenters. The van der Waals surface area contributed by atoms with E-state index >= 15 is 0 Å².